The number of alkyl halides is 2. The Hall–Kier alpha value is -1.43. The number of aromatic carboxylic acids is 1. The van der Waals surface area contributed by atoms with Gasteiger partial charge in [0, 0.05) is 6.20 Å². The normalized spacial score (nSPS) is 10.6. The Bertz CT molecular complexity index is 429. The van der Waals surface area contributed by atoms with Gasteiger partial charge in [0.25, 0.3) is 6.43 Å². The number of H-pyrrole nitrogens is 1. The Morgan fingerprint density at radius 3 is 2.57 bits per heavy atom. The van der Waals surface area contributed by atoms with Crippen molar-refractivity contribution in [3.63, 3.8) is 0 Å². The molecule has 0 saturated carbocycles. The summed E-state index contributed by atoms with van der Waals surface area (Å²) >= 11 is 5.32. The molecule has 0 saturated heterocycles. The first-order valence-corrected chi connectivity index (χ1v) is 3.75. The quantitative estimate of drug-likeness (QED) is 0.749. The van der Waals surface area contributed by atoms with Crippen LogP contribution in [0.1, 0.15) is 22.3 Å². The van der Waals surface area contributed by atoms with Crippen molar-refractivity contribution in [2.24, 2.45) is 0 Å². The third-order valence-corrected chi connectivity index (χ3v) is 1.81. The summed E-state index contributed by atoms with van der Waals surface area (Å²) in [5.41, 5.74) is -3.05. The third-order valence-electron chi connectivity index (χ3n) is 1.51. The zero-order valence-corrected chi connectivity index (χ0v) is 7.31. The summed E-state index contributed by atoms with van der Waals surface area (Å²) in [6.07, 6.45) is -2.34. The minimum absolute atomic E-state index is 0.466. The van der Waals surface area contributed by atoms with E-state index < -0.39 is 34.1 Å². The number of hydrogen-bond acceptors (Lipinski definition) is 2. The van der Waals surface area contributed by atoms with Gasteiger partial charge in [-0.05, 0) is 0 Å². The van der Waals surface area contributed by atoms with Gasteiger partial charge in [-0.15, -0.1) is 0 Å². The predicted octanol–water partition coefficient (Wildman–Crippen LogP) is 1.66. The van der Waals surface area contributed by atoms with Gasteiger partial charge >= 0.3 is 5.97 Å². The average molecular weight is 224 g/mol. The molecule has 76 valence electrons. The number of rotatable bonds is 2. The molecule has 1 rings (SSSR count). The van der Waals surface area contributed by atoms with Crippen LogP contribution in [0, 0.1) is 0 Å². The smallest absolute Gasteiger partial charge is 0.342 e. The number of aromatic amines is 1. The minimum Gasteiger partial charge on any atom is -0.477 e. The topological polar surface area (TPSA) is 70.2 Å². The van der Waals surface area contributed by atoms with Gasteiger partial charge in [0.05, 0.1) is 5.56 Å². The number of hydrogen-bond donors (Lipinski definition) is 2. The van der Waals surface area contributed by atoms with Gasteiger partial charge in [-0.2, -0.15) is 0 Å². The molecule has 1 aromatic rings. The molecule has 14 heavy (non-hydrogen) atoms. The lowest BCUT2D eigenvalue weighted by molar-refractivity contribution is 0.0694. The zero-order valence-electron chi connectivity index (χ0n) is 6.55. The van der Waals surface area contributed by atoms with Crippen LogP contribution in [0.5, 0.6) is 0 Å². The molecule has 0 aliphatic heterocycles. The molecule has 2 N–H and O–H groups in total. The Morgan fingerprint density at radius 2 is 2.14 bits per heavy atom. The number of aromatic nitrogens is 1. The fourth-order valence-corrected chi connectivity index (χ4v) is 1.10. The van der Waals surface area contributed by atoms with Crippen molar-refractivity contribution in [1.29, 1.82) is 0 Å². The molecular formula is C7H4ClF2NO3. The number of nitrogens with one attached hydrogen (secondary N) is 1. The maximum Gasteiger partial charge on any atom is 0.342 e. The van der Waals surface area contributed by atoms with Crippen LogP contribution in [-0.4, -0.2) is 16.1 Å². The molecule has 0 amide bonds. The van der Waals surface area contributed by atoms with E-state index in [0.717, 1.165) is 0 Å². The molecule has 1 aromatic heterocycles. The van der Waals surface area contributed by atoms with Crippen LogP contribution >= 0.6 is 11.6 Å². The van der Waals surface area contributed by atoms with Gasteiger partial charge in [-0.25, -0.2) is 13.6 Å². The average Bonchev–Trinajstić information content (AvgIpc) is 2.02. The van der Waals surface area contributed by atoms with Crippen LogP contribution in [0.15, 0.2) is 11.0 Å². The lowest BCUT2D eigenvalue weighted by atomic mass is 10.2. The Labute approximate surface area is 81.1 Å². The highest BCUT2D eigenvalue weighted by Gasteiger charge is 2.21. The second-order valence-corrected chi connectivity index (χ2v) is 2.75. The number of carboxylic acid groups (broad SMARTS) is 1. The summed E-state index contributed by atoms with van der Waals surface area (Å²) in [6.45, 7) is 0. The Kier molecular flexibility index (Phi) is 2.85. The lowest BCUT2D eigenvalue weighted by Crippen LogP contribution is -2.20. The van der Waals surface area contributed by atoms with Crippen molar-refractivity contribution < 1.29 is 18.7 Å². The van der Waals surface area contributed by atoms with Crippen LogP contribution in [0.25, 0.3) is 0 Å². The summed E-state index contributed by atoms with van der Waals surface area (Å²) in [5, 5.41) is 8.04. The van der Waals surface area contributed by atoms with E-state index in [1.54, 1.807) is 0 Å². The highest BCUT2D eigenvalue weighted by Crippen LogP contribution is 2.17. The maximum atomic E-state index is 12.1. The van der Waals surface area contributed by atoms with E-state index in [4.69, 9.17) is 16.7 Å². The van der Waals surface area contributed by atoms with E-state index in [2.05, 4.69) is 4.98 Å². The van der Waals surface area contributed by atoms with Crippen molar-refractivity contribution in [2.75, 3.05) is 0 Å². The maximum absolute atomic E-state index is 12.1. The van der Waals surface area contributed by atoms with Crippen molar-refractivity contribution in [1.82, 2.24) is 4.98 Å². The molecule has 0 aromatic carbocycles. The van der Waals surface area contributed by atoms with E-state index in [1.165, 1.54) is 0 Å². The highest BCUT2D eigenvalue weighted by molar-refractivity contribution is 6.32. The van der Waals surface area contributed by atoms with Crippen LogP contribution < -0.4 is 5.43 Å². The first-order chi connectivity index (χ1) is 6.45. The van der Waals surface area contributed by atoms with Crippen molar-refractivity contribution in [2.45, 2.75) is 6.43 Å². The van der Waals surface area contributed by atoms with E-state index in [1.807, 2.05) is 0 Å². The minimum atomic E-state index is -3.03. The Balaban J connectivity index is 3.50. The van der Waals surface area contributed by atoms with Crippen LogP contribution in [0.3, 0.4) is 0 Å². The first-order valence-electron chi connectivity index (χ1n) is 3.37. The molecule has 0 atom stereocenters. The molecular weight excluding hydrogens is 220 g/mol. The number of halogens is 3. The second-order valence-electron chi connectivity index (χ2n) is 2.37. The molecule has 0 radical (unpaired) electrons. The standard InChI is InChI=1S/C7H4ClF2NO3/c8-5-3(7(13)14)4(12)2(1-11-5)6(9)10/h1,6H,(H,11,12)(H,13,14). The summed E-state index contributed by atoms with van der Waals surface area (Å²) in [5.74, 6) is -1.64. The van der Waals surface area contributed by atoms with Crippen molar-refractivity contribution in [3.05, 3.63) is 32.7 Å². The van der Waals surface area contributed by atoms with Crippen molar-refractivity contribution in [3.8, 4) is 0 Å². The van der Waals surface area contributed by atoms with Crippen molar-refractivity contribution >= 4 is 17.6 Å². The molecule has 0 unspecified atom stereocenters. The van der Waals surface area contributed by atoms with Gasteiger partial charge in [0.15, 0.2) is 0 Å². The first kappa shape index (κ1) is 10.6. The molecule has 0 bridgehead atoms. The van der Waals surface area contributed by atoms with Gasteiger partial charge < -0.3 is 10.1 Å². The van der Waals surface area contributed by atoms with Crippen LogP contribution in [0.4, 0.5) is 8.78 Å². The fourth-order valence-electron chi connectivity index (χ4n) is 0.876. The SMILES string of the molecule is O=C(O)c1c(Cl)[nH]cc(C(F)F)c1=O. The predicted molar refractivity (Wildman–Crippen MR) is 44.0 cm³/mol. The van der Waals surface area contributed by atoms with E-state index >= 15 is 0 Å². The summed E-state index contributed by atoms with van der Waals surface area (Å²) in [7, 11) is 0. The van der Waals surface area contributed by atoms with Crippen LogP contribution in [0.2, 0.25) is 5.15 Å². The number of carboxylic acids is 1. The van der Waals surface area contributed by atoms with Gasteiger partial charge in [0.2, 0.25) is 5.43 Å². The van der Waals surface area contributed by atoms with Gasteiger partial charge in [0.1, 0.15) is 10.7 Å². The van der Waals surface area contributed by atoms with E-state index in [-0.39, 0.29) is 0 Å². The van der Waals surface area contributed by atoms with E-state index in [0.29, 0.717) is 6.20 Å². The number of pyridine rings is 1. The molecule has 0 aliphatic rings. The molecule has 4 nitrogen and oxygen atoms in total. The van der Waals surface area contributed by atoms with Gasteiger partial charge in [-0.1, -0.05) is 11.6 Å². The molecule has 0 spiro atoms. The fraction of sp³-hybridized carbons (Fsp3) is 0.143. The summed E-state index contributed by atoms with van der Waals surface area (Å²) < 4.78 is 24.3. The highest BCUT2D eigenvalue weighted by atomic mass is 35.5. The number of carbonyl (C=O) groups is 1. The second kappa shape index (κ2) is 3.75. The van der Waals surface area contributed by atoms with Crippen LogP contribution in [-0.2, 0) is 0 Å². The zero-order chi connectivity index (χ0) is 10.9. The molecule has 1 heterocycles. The largest absolute Gasteiger partial charge is 0.477 e. The molecule has 7 heteroatoms. The third kappa shape index (κ3) is 1.74. The van der Waals surface area contributed by atoms with Gasteiger partial charge in [-0.3, -0.25) is 4.79 Å². The Morgan fingerprint density at radius 1 is 1.57 bits per heavy atom. The lowest BCUT2D eigenvalue weighted by Gasteiger charge is -2.01. The molecule has 0 fully saturated rings. The molecule has 0 aliphatic carbocycles. The van der Waals surface area contributed by atoms with E-state index in [9.17, 15) is 18.4 Å². The summed E-state index contributed by atoms with van der Waals surface area (Å²) in [4.78, 5) is 23.7. The summed E-state index contributed by atoms with van der Waals surface area (Å²) in [6, 6.07) is 0. The monoisotopic (exact) mass is 223 g/mol.